The summed E-state index contributed by atoms with van der Waals surface area (Å²) in [5, 5.41) is 11.1. The van der Waals surface area contributed by atoms with Gasteiger partial charge in [0.05, 0.1) is 7.11 Å². The summed E-state index contributed by atoms with van der Waals surface area (Å²) in [5.41, 5.74) is 1.04. The first-order valence-corrected chi connectivity index (χ1v) is 7.63. The number of likely N-dealkylation sites (tertiary alicyclic amines) is 1. The largest absolute Gasteiger partial charge is 0.465 e. The van der Waals surface area contributed by atoms with Gasteiger partial charge in [-0.2, -0.15) is 0 Å². The van der Waals surface area contributed by atoms with Gasteiger partial charge in [0.25, 0.3) is 0 Å². The van der Waals surface area contributed by atoms with Crippen molar-refractivity contribution in [3.05, 3.63) is 21.9 Å². The van der Waals surface area contributed by atoms with E-state index in [0.29, 0.717) is 10.9 Å². The van der Waals surface area contributed by atoms with Gasteiger partial charge in [0.1, 0.15) is 4.88 Å². The maximum absolute atomic E-state index is 11.7. The summed E-state index contributed by atoms with van der Waals surface area (Å²) >= 11 is 1.43. The second kappa shape index (κ2) is 7.03. The first-order valence-electron chi connectivity index (χ1n) is 6.76. The van der Waals surface area contributed by atoms with E-state index in [2.05, 4.69) is 4.90 Å². The number of hydrogen-bond donors (Lipinski definition) is 1. The second-order valence-corrected chi connectivity index (χ2v) is 5.82. The minimum absolute atomic E-state index is 0.231. The second-order valence-electron chi connectivity index (χ2n) is 4.90. The van der Waals surface area contributed by atoms with Crippen LogP contribution in [0.4, 0.5) is 0 Å². The van der Waals surface area contributed by atoms with Gasteiger partial charge in [-0.3, -0.25) is 4.90 Å². The number of nitrogens with zero attached hydrogens (tertiary/aromatic N) is 1. The summed E-state index contributed by atoms with van der Waals surface area (Å²) in [6.07, 6.45) is 4.38. The Hall–Kier alpha value is -0.910. The van der Waals surface area contributed by atoms with Crippen molar-refractivity contribution in [1.29, 1.82) is 0 Å². The molecule has 0 saturated carbocycles. The average molecular weight is 283 g/mol. The van der Waals surface area contributed by atoms with Crippen LogP contribution in [0.25, 0.3) is 0 Å². The fourth-order valence-corrected chi connectivity index (χ4v) is 3.53. The van der Waals surface area contributed by atoms with Crippen LogP contribution in [-0.2, 0) is 11.3 Å². The number of ether oxygens (including phenoxy) is 1. The van der Waals surface area contributed by atoms with Gasteiger partial charge in [-0.15, -0.1) is 11.3 Å². The molecule has 1 aromatic rings. The molecule has 19 heavy (non-hydrogen) atoms. The van der Waals surface area contributed by atoms with Crippen LogP contribution in [0.1, 0.15) is 40.9 Å². The monoisotopic (exact) mass is 283 g/mol. The Morgan fingerprint density at radius 2 is 2.42 bits per heavy atom. The number of hydrogen-bond acceptors (Lipinski definition) is 5. The zero-order chi connectivity index (χ0) is 13.7. The summed E-state index contributed by atoms with van der Waals surface area (Å²) in [4.78, 5) is 14.8. The average Bonchev–Trinajstić information content (AvgIpc) is 2.88. The number of piperidine rings is 1. The highest BCUT2D eigenvalue weighted by Gasteiger charge is 2.24. The van der Waals surface area contributed by atoms with Gasteiger partial charge in [0.2, 0.25) is 0 Å². The number of carbonyl (C=O) groups is 1. The number of aliphatic hydroxyl groups is 1. The van der Waals surface area contributed by atoms with E-state index in [9.17, 15) is 4.79 Å². The number of thiophene rings is 1. The molecule has 106 valence electrons. The van der Waals surface area contributed by atoms with Gasteiger partial charge < -0.3 is 9.84 Å². The smallest absolute Gasteiger partial charge is 0.348 e. The van der Waals surface area contributed by atoms with E-state index in [0.717, 1.165) is 31.5 Å². The van der Waals surface area contributed by atoms with Crippen LogP contribution >= 0.6 is 11.3 Å². The van der Waals surface area contributed by atoms with E-state index in [1.165, 1.54) is 31.3 Å². The minimum Gasteiger partial charge on any atom is -0.465 e. The predicted molar refractivity (Wildman–Crippen MR) is 75.4 cm³/mol. The Labute approximate surface area is 118 Å². The van der Waals surface area contributed by atoms with Crippen LogP contribution < -0.4 is 0 Å². The molecule has 1 aliphatic heterocycles. The molecule has 1 aromatic heterocycles. The van der Waals surface area contributed by atoms with E-state index < -0.39 is 0 Å². The van der Waals surface area contributed by atoms with Crippen molar-refractivity contribution in [2.24, 2.45) is 0 Å². The molecule has 0 amide bonds. The van der Waals surface area contributed by atoms with Gasteiger partial charge in [0.15, 0.2) is 0 Å². The summed E-state index contributed by atoms with van der Waals surface area (Å²) < 4.78 is 4.81. The molecule has 0 radical (unpaired) electrons. The third-order valence-electron chi connectivity index (χ3n) is 3.70. The predicted octanol–water partition coefficient (Wildman–Crippen LogP) is 2.27. The van der Waals surface area contributed by atoms with E-state index >= 15 is 0 Å². The molecular weight excluding hydrogens is 262 g/mol. The molecule has 5 heteroatoms. The Balaban J connectivity index is 2.06. The highest BCUT2D eigenvalue weighted by Crippen LogP contribution is 2.25. The van der Waals surface area contributed by atoms with Crippen LogP contribution in [0.2, 0.25) is 0 Å². The van der Waals surface area contributed by atoms with Crippen LogP contribution in [0, 0.1) is 0 Å². The molecule has 0 spiro atoms. The number of aliphatic hydroxyl groups excluding tert-OH is 1. The van der Waals surface area contributed by atoms with Gasteiger partial charge in [-0.05, 0) is 42.8 Å². The molecule has 1 N–H and O–H groups in total. The van der Waals surface area contributed by atoms with Gasteiger partial charge in [0, 0.05) is 19.2 Å². The molecular formula is C14H21NO3S. The molecule has 1 fully saturated rings. The van der Waals surface area contributed by atoms with Gasteiger partial charge >= 0.3 is 5.97 Å². The Kier molecular flexibility index (Phi) is 5.36. The van der Waals surface area contributed by atoms with Crippen molar-refractivity contribution in [1.82, 2.24) is 4.90 Å². The van der Waals surface area contributed by atoms with E-state index in [-0.39, 0.29) is 12.6 Å². The maximum Gasteiger partial charge on any atom is 0.348 e. The van der Waals surface area contributed by atoms with Crippen LogP contribution in [-0.4, -0.2) is 42.3 Å². The fourth-order valence-electron chi connectivity index (χ4n) is 2.69. The third kappa shape index (κ3) is 3.55. The first-order chi connectivity index (χ1) is 9.26. The molecule has 1 saturated heterocycles. The Morgan fingerprint density at radius 3 is 3.16 bits per heavy atom. The Morgan fingerprint density at radius 1 is 1.58 bits per heavy atom. The van der Waals surface area contributed by atoms with E-state index in [1.807, 2.05) is 11.4 Å². The van der Waals surface area contributed by atoms with Crippen molar-refractivity contribution in [3.63, 3.8) is 0 Å². The quantitative estimate of drug-likeness (QED) is 0.842. The number of carbonyl (C=O) groups excluding carboxylic acids is 1. The van der Waals surface area contributed by atoms with Crippen molar-refractivity contribution in [2.45, 2.75) is 38.3 Å². The van der Waals surface area contributed by atoms with Crippen molar-refractivity contribution < 1.29 is 14.6 Å². The lowest BCUT2D eigenvalue weighted by Crippen LogP contribution is -2.39. The zero-order valence-electron chi connectivity index (χ0n) is 11.3. The molecule has 2 rings (SSSR count). The lowest BCUT2D eigenvalue weighted by molar-refractivity contribution is 0.0601. The first kappa shape index (κ1) is 14.5. The topological polar surface area (TPSA) is 49.8 Å². The summed E-state index contributed by atoms with van der Waals surface area (Å²) in [6, 6.07) is 2.44. The third-order valence-corrected chi connectivity index (χ3v) is 4.64. The number of rotatable bonds is 5. The van der Waals surface area contributed by atoms with Crippen molar-refractivity contribution in [2.75, 3.05) is 20.3 Å². The fraction of sp³-hybridized carbons (Fsp3) is 0.643. The molecule has 1 atom stereocenters. The molecule has 4 nitrogen and oxygen atoms in total. The zero-order valence-corrected chi connectivity index (χ0v) is 12.1. The maximum atomic E-state index is 11.7. The highest BCUT2D eigenvalue weighted by molar-refractivity contribution is 7.12. The summed E-state index contributed by atoms with van der Waals surface area (Å²) in [5.74, 6) is -0.249. The lowest BCUT2D eigenvalue weighted by Gasteiger charge is -2.35. The van der Waals surface area contributed by atoms with E-state index in [1.54, 1.807) is 0 Å². The van der Waals surface area contributed by atoms with Gasteiger partial charge in [-0.1, -0.05) is 6.42 Å². The molecule has 1 aliphatic rings. The Bertz CT molecular complexity index is 417. The van der Waals surface area contributed by atoms with Crippen molar-refractivity contribution >= 4 is 17.3 Å². The molecule has 1 unspecified atom stereocenters. The van der Waals surface area contributed by atoms with E-state index in [4.69, 9.17) is 9.84 Å². The van der Waals surface area contributed by atoms with Gasteiger partial charge in [-0.25, -0.2) is 4.79 Å². The SMILES string of the molecule is COC(=O)c1sccc1CN1CCCCC1CCO. The lowest BCUT2D eigenvalue weighted by atomic mass is 9.99. The van der Waals surface area contributed by atoms with Crippen LogP contribution in [0.5, 0.6) is 0 Å². The molecule has 0 bridgehead atoms. The highest BCUT2D eigenvalue weighted by atomic mass is 32.1. The summed E-state index contributed by atoms with van der Waals surface area (Å²) in [7, 11) is 1.42. The molecule has 0 aromatic carbocycles. The van der Waals surface area contributed by atoms with Crippen LogP contribution in [0.15, 0.2) is 11.4 Å². The normalized spacial score (nSPS) is 20.4. The minimum atomic E-state index is -0.249. The van der Waals surface area contributed by atoms with Crippen LogP contribution in [0.3, 0.4) is 0 Å². The number of esters is 1. The standard InChI is InChI=1S/C14H21NO3S/c1-18-14(17)13-11(6-9-19-13)10-15-7-3-2-4-12(15)5-8-16/h6,9,12,16H,2-5,7-8,10H2,1H3. The van der Waals surface area contributed by atoms with Crippen molar-refractivity contribution in [3.8, 4) is 0 Å². The molecule has 2 heterocycles. The number of methoxy groups -OCH3 is 1. The summed E-state index contributed by atoms with van der Waals surface area (Å²) in [6.45, 7) is 2.05. The molecule has 0 aliphatic carbocycles.